The first-order chi connectivity index (χ1) is 48.7. The molecule has 0 rings (SSSR count). The smallest absolute Gasteiger partial charge is 0.349 e. The van der Waals surface area contributed by atoms with Crippen LogP contribution in [0.4, 0.5) is 0 Å². The fraction of sp³-hybridized carbons (Fsp3) is 0.700. The molecule has 41 nitrogen and oxygen atoms in total. The number of carboxylic acids is 7. The molecule has 7 N–H and O–H groups in total. The summed E-state index contributed by atoms with van der Waals surface area (Å²) in [5.41, 5.74) is 0. The van der Waals surface area contributed by atoms with E-state index in [1.54, 1.807) is 13.0 Å². The molecule has 121 heavy (non-hydrogen) atoms. The van der Waals surface area contributed by atoms with Crippen LogP contribution < -0.4 is 0 Å². The van der Waals surface area contributed by atoms with E-state index in [2.05, 4.69) is 47.4 Å². The van der Waals surface area contributed by atoms with Crippen LogP contribution >= 0.6 is 0 Å². The summed E-state index contributed by atoms with van der Waals surface area (Å²) in [6.45, 7) is 20.7. The van der Waals surface area contributed by atoms with Crippen LogP contribution in [0.25, 0.3) is 0 Å². The summed E-state index contributed by atoms with van der Waals surface area (Å²) in [4.78, 5) is 243. The number of methoxy groups -OCH3 is 2. The molecule has 12 unspecified atom stereocenters. The zero-order valence-corrected chi connectivity index (χ0v) is 60.9. The number of esters is 10. The van der Waals surface area contributed by atoms with Crippen molar-refractivity contribution in [3.05, 3.63) is 12.2 Å². The van der Waals surface area contributed by atoms with E-state index in [-0.39, 0.29) is 183 Å². The van der Waals surface area contributed by atoms with Gasteiger partial charge in [0, 0.05) is 72.0 Å². The first kappa shape index (κ1) is 169. The van der Waals surface area contributed by atoms with E-state index in [9.17, 15) is 105 Å². The van der Waals surface area contributed by atoms with Gasteiger partial charge in [-0.1, -0.05) is 200 Å². The Morgan fingerprint density at radius 1 is 0.198 bits per heavy atom. The number of aliphatic carboxylic acids is 7. The molecular weight excluding hydrogens is 1620 g/mol. The monoisotopic (exact) mass is 1780 g/mol. The molecule has 0 aromatic carbocycles. The van der Waals surface area contributed by atoms with Crippen molar-refractivity contribution in [2.75, 3.05) is 14.2 Å². The van der Waals surface area contributed by atoms with Gasteiger partial charge in [-0.05, 0) is 41.0 Å². The van der Waals surface area contributed by atoms with Gasteiger partial charge in [0.15, 0.2) is 41.1 Å². The molecule has 0 fully saturated rings. The van der Waals surface area contributed by atoms with Gasteiger partial charge in [-0.15, -0.1) is 0 Å². The van der Waals surface area contributed by atoms with E-state index in [1.165, 1.54) is 61.5 Å². The maximum Gasteiger partial charge on any atom is 0.349 e. The minimum Gasteiger partial charge on any atom is -0.479 e. The van der Waals surface area contributed by atoms with Gasteiger partial charge in [-0.3, -0.25) is 71.9 Å². The zero-order valence-electron chi connectivity index (χ0n) is 60.9. The number of ether oxygens (including phenoxy) is 12. The maximum absolute atomic E-state index is 11.5. The zero-order chi connectivity index (χ0) is 83.3. The summed E-state index contributed by atoms with van der Waals surface area (Å²) in [5.74, 6) is -21.6. The van der Waals surface area contributed by atoms with Crippen molar-refractivity contribution in [1.29, 1.82) is 0 Å². The highest BCUT2D eigenvalue weighted by molar-refractivity contribution is 5.95. The van der Waals surface area contributed by atoms with E-state index in [1.807, 2.05) is 6.92 Å². The molecule has 0 heterocycles. The molecule has 0 aromatic heterocycles. The van der Waals surface area contributed by atoms with Gasteiger partial charge >= 0.3 is 101 Å². The molecular formula is C80H158O41. The first-order valence-electron chi connectivity index (χ1n) is 31.5. The molecule has 0 amide bonds. The predicted octanol–water partition coefficient (Wildman–Crippen LogP) is 11.8. The van der Waals surface area contributed by atoms with Crippen LogP contribution in [0.1, 0.15) is 293 Å². The molecule has 0 aliphatic carbocycles. The van der Waals surface area contributed by atoms with Gasteiger partial charge in [0.25, 0.3) is 0 Å². The van der Waals surface area contributed by atoms with Gasteiger partial charge in [0.1, 0.15) is 0 Å². The lowest BCUT2D eigenvalue weighted by Crippen LogP contribution is -2.45. The number of hydrogen-bond acceptors (Lipinski definition) is 34. The van der Waals surface area contributed by atoms with Crippen LogP contribution in [0.5, 0.6) is 0 Å². The molecule has 0 saturated heterocycles. The van der Waals surface area contributed by atoms with Crippen molar-refractivity contribution in [2.24, 2.45) is 0 Å². The first-order valence-corrected chi connectivity index (χ1v) is 31.5. The molecule has 0 spiro atoms. The summed E-state index contributed by atoms with van der Waals surface area (Å²) in [6.07, 6.45) is -16.5. The summed E-state index contributed by atoms with van der Waals surface area (Å²) < 4.78 is 55.4. The lowest BCUT2D eigenvalue weighted by Gasteiger charge is -2.21. The Kier molecular flexibility index (Phi) is 132. The second-order valence-electron chi connectivity index (χ2n) is 20.1. The van der Waals surface area contributed by atoms with Crippen LogP contribution in [-0.4, -0.2) is 254 Å². The van der Waals surface area contributed by atoms with Crippen molar-refractivity contribution in [2.45, 2.75) is 367 Å². The van der Waals surface area contributed by atoms with E-state index >= 15 is 0 Å². The van der Waals surface area contributed by atoms with Crippen molar-refractivity contribution in [3.8, 4) is 0 Å². The fourth-order valence-electron chi connectivity index (χ4n) is 6.27. The number of ketones is 5. The molecule has 0 radical (unpaired) electrons. The molecule has 0 bridgehead atoms. The number of rotatable bonds is 42. The number of allylic oxidation sites excluding steroid dienone is 1. The lowest BCUT2D eigenvalue weighted by atomic mass is 10.1. The SMILES string of the molecule is C.C.C.C.C.C.C.C.C.C.C.C.C.C.C.C.CC/C=C\CC(=O)OC(C(=O)O)C(OC(=O)CC)C(C)=O.CCC(=O)OC(C(=O)O)C(OC)C(=O)O.CCC(=O)OC(C(C)=O)C(OC(=O)CC)C(=O)O.CCC(=O)OC(C(C)=O)C(OC(=O)CC)C(=O)O.CCC(=O)OC(C(C)=O)C(OC(=O)CC)C(=O)O.CCC(=O)OC(C(C)=O)C(OC)C(=O)O. The third kappa shape index (κ3) is 76.2. The highest BCUT2D eigenvalue weighted by Gasteiger charge is 2.42. The van der Waals surface area contributed by atoms with Gasteiger partial charge in [0.05, 0.1) is 6.42 Å². The van der Waals surface area contributed by atoms with Crippen LogP contribution in [0.15, 0.2) is 12.2 Å². The average molecular weight is 1780 g/mol. The summed E-state index contributed by atoms with van der Waals surface area (Å²) in [6, 6.07) is 0. The second-order valence-corrected chi connectivity index (χ2v) is 20.1. The van der Waals surface area contributed by atoms with Crippen molar-refractivity contribution in [3.63, 3.8) is 0 Å². The Morgan fingerprint density at radius 3 is 0.430 bits per heavy atom. The molecule has 724 valence electrons. The number of carbonyl (C=O) groups excluding carboxylic acids is 15. The van der Waals surface area contributed by atoms with E-state index < -0.39 is 204 Å². The minimum absolute atomic E-state index is 0. The fourth-order valence-corrected chi connectivity index (χ4v) is 6.27. The maximum atomic E-state index is 11.5. The number of Topliss-reactive ketones (excluding diaryl/α,β-unsaturated/α-hetero) is 5. The predicted molar refractivity (Wildman–Crippen MR) is 452 cm³/mol. The normalized spacial score (nSPS) is 11.7. The van der Waals surface area contributed by atoms with Crippen molar-refractivity contribution < 1.29 is 198 Å². The largest absolute Gasteiger partial charge is 0.479 e. The molecule has 0 aliphatic rings. The van der Waals surface area contributed by atoms with Crippen LogP contribution in [0.3, 0.4) is 0 Å². The lowest BCUT2D eigenvalue weighted by molar-refractivity contribution is -0.181. The second kappa shape index (κ2) is 94.5. The Morgan fingerprint density at radius 2 is 0.314 bits per heavy atom. The van der Waals surface area contributed by atoms with Gasteiger partial charge in [0.2, 0.25) is 61.0 Å². The molecule has 0 aliphatic heterocycles. The minimum atomic E-state index is -1.85. The molecule has 41 heteroatoms. The number of carboxylic acid groups (broad SMARTS) is 7. The summed E-state index contributed by atoms with van der Waals surface area (Å²) in [7, 11) is 2.16. The highest BCUT2D eigenvalue weighted by Crippen LogP contribution is 2.15. The van der Waals surface area contributed by atoms with Crippen molar-refractivity contribution in [1.82, 2.24) is 0 Å². The number of hydrogen-bond donors (Lipinski definition) is 7. The van der Waals surface area contributed by atoms with E-state index in [0.717, 1.165) is 55.3 Å². The summed E-state index contributed by atoms with van der Waals surface area (Å²) in [5, 5.41) is 61.7. The summed E-state index contributed by atoms with van der Waals surface area (Å²) >= 11 is 0. The average Bonchev–Trinajstić information content (AvgIpc) is 0.898. The van der Waals surface area contributed by atoms with Gasteiger partial charge in [-0.2, -0.15) is 0 Å². The standard InChI is InChI=1S/C14H20O7.3C11H16O7.C9H14O6.C8H12O7.16CH4/c1-4-6-7-8-11(17)21-13(14(18)19)12(9(3)15)20-10(16)5-2;3*1-4-7(13)17-9(6(3)12)10(11(15)16)18-8(14)5-2;1-4-6(11)15-7(5(2)10)8(14-3)9(12)13;1-3-4(9)15-6(8(12)13)5(14-2)7(10)11;;;;;;;;;;;;;;;;/h6-7,12-13H,4-5,8H2,1-3H3,(H,18,19);3*9-10H,4-5H2,1-3H3,(H,15,16);7-8H,4H2,1-3H3,(H,12,13);5-6H,3H2,1-2H3,(H,10,11)(H,12,13);16*1H4/b7-6-;;;;;;;;;;;;;;;;;;;;;. The van der Waals surface area contributed by atoms with Gasteiger partial charge in [-0.25, -0.2) is 33.6 Å². The van der Waals surface area contributed by atoms with Gasteiger partial charge < -0.3 is 92.6 Å². The van der Waals surface area contributed by atoms with E-state index in [4.69, 9.17) is 45.2 Å². The molecule has 12 atom stereocenters. The van der Waals surface area contributed by atoms with Crippen LogP contribution in [0, 0.1) is 0 Å². The highest BCUT2D eigenvalue weighted by atomic mass is 16.6. The van der Waals surface area contributed by atoms with E-state index in [0.29, 0.717) is 0 Å². The van der Waals surface area contributed by atoms with Crippen LogP contribution in [0.2, 0.25) is 0 Å². The topological polar surface area (TPSA) is 628 Å². The molecule has 0 aromatic rings. The Bertz CT molecular complexity index is 2690. The third-order valence-corrected chi connectivity index (χ3v) is 11.7. The Hall–Kier alpha value is -11.0. The van der Waals surface area contributed by atoms with Crippen molar-refractivity contribution >= 4 is 130 Å². The third-order valence-electron chi connectivity index (χ3n) is 11.7. The Labute approximate surface area is 718 Å². The Balaban J connectivity index is -0.0000000475. The quantitative estimate of drug-likeness (QED) is 0.0169. The van der Waals surface area contributed by atoms with Crippen LogP contribution in [-0.2, 0) is 162 Å². The molecule has 0 saturated carbocycles. The number of carbonyl (C=O) groups is 22.